The van der Waals surface area contributed by atoms with E-state index in [2.05, 4.69) is 0 Å². The van der Waals surface area contributed by atoms with Crippen LogP contribution in [0.2, 0.25) is 0 Å². The molecule has 0 bridgehead atoms. The number of aromatic nitrogens is 2. The lowest BCUT2D eigenvalue weighted by Crippen LogP contribution is -2.37. The third-order valence-electron chi connectivity index (χ3n) is 2.86. The Hall–Kier alpha value is -1.48. The van der Waals surface area contributed by atoms with Crippen LogP contribution in [0.1, 0.15) is 18.2 Å². The van der Waals surface area contributed by atoms with Gasteiger partial charge in [0.2, 0.25) is 0 Å². The predicted octanol–water partition coefficient (Wildman–Crippen LogP) is -2.33. The molecule has 0 amide bonds. The minimum absolute atomic E-state index is 0.00199. The maximum atomic E-state index is 11.6. The van der Waals surface area contributed by atoms with Crippen LogP contribution in [0.25, 0.3) is 0 Å². The zero-order valence-corrected chi connectivity index (χ0v) is 9.44. The topological polar surface area (TPSA) is 125 Å². The smallest absolute Gasteiger partial charge is 0.330 e. The molecule has 1 aliphatic rings. The Morgan fingerprint density at radius 3 is 2.72 bits per heavy atom. The molecule has 0 saturated carbocycles. The Bertz CT molecular complexity index is 536. The molecule has 2 rings (SSSR count). The minimum atomic E-state index is -0.975. The summed E-state index contributed by atoms with van der Waals surface area (Å²) in [6.07, 6.45) is -1.15. The van der Waals surface area contributed by atoms with Gasteiger partial charge in [-0.3, -0.25) is 14.3 Å². The van der Waals surface area contributed by atoms with Crippen LogP contribution < -0.4 is 11.2 Å². The molecule has 1 aromatic rings. The molecule has 0 aliphatic carbocycles. The van der Waals surface area contributed by atoms with Crippen molar-refractivity contribution < 1.29 is 20.1 Å². The second-order valence-electron chi connectivity index (χ2n) is 4.11. The number of rotatable bonds is 3. The molecular formula is C10H14N2O6. The second kappa shape index (κ2) is 5.02. The highest BCUT2D eigenvalue weighted by molar-refractivity contribution is 5.03. The first-order valence-electron chi connectivity index (χ1n) is 5.46. The minimum Gasteiger partial charge on any atom is -0.394 e. The number of aromatic amines is 1. The Kier molecular flexibility index (Phi) is 3.62. The largest absolute Gasteiger partial charge is 0.394 e. The highest BCUT2D eigenvalue weighted by Gasteiger charge is 2.35. The molecule has 1 saturated heterocycles. The molecule has 1 aliphatic heterocycles. The SMILES string of the molecule is O=c1[nH]c(=O)n([C@@H]2O[C@H](CO)C[C@H]2O)cc1CO. The molecule has 8 nitrogen and oxygen atoms in total. The summed E-state index contributed by atoms with van der Waals surface area (Å²) in [5, 5.41) is 27.7. The number of aliphatic hydroxyl groups excluding tert-OH is 3. The molecular weight excluding hydrogens is 244 g/mol. The Balaban J connectivity index is 2.39. The van der Waals surface area contributed by atoms with Gasteiger partial charge in [0.25, 0.3) is 5.56 Å². The van der Waals surface area contributed by atoms with Gasteiger partial charge in [0, 0.05) is 12.6 Å². The molecule has 1 fully saturated rings. The summed E-state index contributed by atoms with van der Waals surface area (Å²) in [6, 6.07) is 0. The molecule has 0 radical (unpaired) electrons. The van der Waals surface area contributed by atoms with Crippen molar-refractivity contribution in [1.82, 2.24) is 9.55 Å². The normalized spacial score (nSPS) is 27.6. The van der Waals surface area contributed by atoms with E-state index in [4.69, 9.17) is 14.9 Å². The predicted molar refractivity (Wildman–Crippen MR) is 58.9 cm³/mol. The molecule has 0 aromatic carbocycles. The van der Waals surface area contributed by atoms with E-state index in [9.17, 15) is 14.7 Å². The van der Waals surface area contributed by atoms with Crippen LogP contribution in [0.5, 0.6) is 0 Å². The number of hydrogen-bond acceptors (Lipinski definition) is 6. The molecule has 4 N–H and O–H groups in total. The number of ether oxygens (including phenoxy) is 1. The van der Waals surface area contributed by atoms with Crippen molar-refractivity contribution in [3.8, 4) is 0 Å². The maximum absolute atomic E-state index is 11.6. The zero-order valence-electron chi connectivity index (χ0n) is 9.44. The lowest BCUT2D eigenvalue weighted by Gasteiger charge is -2.17. The third-order valence-corrected chi connectivity index (χ3v) is 2.86. The van der Waals surface area contributed by atoms with Gasteiger partial charge in [-0.05, 0) is 0 Å². The van der Waals surface area contributed by atoms with Crippen LogP contribution in [0.3, 0.4) is 0 Å². The number of aliphatic hydroxyl groups is 3. The van der Waals surface area contributed by atoms with Crippen molar-refractivity contribution in [1.29, 1.82) is 0 Å². The monoisotopic (exact) mass is 258 g/mol. The van der Waals surface area contributed by atoms with Crippen LogP contribution >= 0.6 is 0 Å². The van der Waals surface area contributed by atoms with Crippen molar-refractivity contribution >= 4 is 0 Å². The van der Waals surface area contributed by atoms with Crippen molar-refractivity contribution in [2.75, 3.05) is 6.61 Å². The van der Waals surface area contributed by atoms with E-state index in [1.54, 1.807) is 0 Å². The Morgan fingerprint density at radius 2 is 2.17 bits per heavy atom. The zero-order chi connectivity index (χ0) is 13.3. The van der Waals surface area contributed by atoms with E-state index in [1.807, 2.05) is 4.98 Å². The first-order chi connectivity index (χ1) is 8.56. The molecule has 100 valence electrons. The van der Waals surface area contributed by atoms with Crippen LogP contribution in [0, 0.1) is 0 Å². The van der Waals surface area contributed by atoms with Crippen molar-refractivity contribution in [3.63, 3.8) is 0 Å². The van der Waals surface area contributed by atoms with Crippen LogP contribution in [0.15, 0.2) is 15.8 Å². The van der Waals surface area contributed by atoms with E-state index in [0.29, 0.717) is 0 Å². The van der Waals surface area contributed by atoms with Crippen LogP contribution in [0.4, 0.5) is 0 Å². The quantitative estimate of drug-likeness (QED) is 0.482. The second-order valence-corrected chi connectivity index (χ2v) is 4.11. The van der Waals surface area contributed by atoms with Gasteiger partial charge in [-0.15, -0.1) is 0 Å². The molecule has 2 heterocycles. The average Bonchev–Trinajstić information content (AvgIpc) is 2.71. The fourth-order valence-corrected chi connectivity index (χ4v) is 1.93. The molecule has 1 aromatic heterocycles. The number of nitrogens with one attached hydrogen (secondary N) is 1. The number of hydrogen-bond donors (Lipinski definition) is 4. The van der Waals surface area contributed by atoms with Gasteiger partial charge >= 0.3 is 5.69 Å². The first-order valence-corrected chi connectivity index (χ1v) is 5.46. The summed E-state index contributed by atoms with van der Waals surface area (Å²) < 4.78 is 6.30. The lowest BCUT2D eigenvalue weighted by molar-refractivity contribution is -0.0532. The van der Waals surface area contributed by atoms with Gasteiger partial charge in [-0.1, -0.05) is 0 Å². The molecule has 18 heavy (non-hydrogen) atoms. The summed E-state index contributed by atoms with van der Waals surface area (Å²) in [6.45, 7) is -0.791. The van der Waals surface area contributed by atoms with Crippen molar-refractivity contribution in [2.45, 2.75) is 31.5 Å². The highest BCUT2D eigenvalue weighted by Crippen LogP contribution is 2.27. The summed E-state index contributed by atoms with van der Waals surface area (Å²) in [5.41, 5.74) is -1.41. The van der Waals surface area contributed by atoms with Crippen molar-refractivity contribution in [3.05, 3.63) is 32.6 Å². The van der Waals surface area contributed by atoms with E-state index in [-0.39, 0.29) is 18.6 Å². The van der Waals surface area contributed by atoms with Crippen LogP contribution in [-0.2, 0) is 11.3 Å². The highest BCUT2D eigenvalue weighted by atomic mass is 16.5. The summed E-state index contributed by atoms with van der Waals surface area (Å²) in [4.78, 5) is 24.9. The average molecular weight is 258 g/mol. The standard InChI is InChI=1S/C10H14N2O6/c13-3-5-2-12(10(17)11-8(5)16)9-7(15)1-6(4-14)18-9/h2,6-7,9,13-15H,1,3-4H2,(H,11,16,17)/t6-,7+,9+/m0/s1. The van der Waals surface area contributed by atoms with Gasteiger partial charge in [-0.25, -0.2) is 4.79 Å². The fourth-order valence-electron chi connectivity index (χ4n) is 1.93. The fraction of sp³-hybridized carbons (Fsp3) is 0.600. The Labute approximate surface area is 101 Å². The van der Waals surface area contributed by atoms with E-state index < -0.39 is 36.3 Å². The van der Waals surface area contributed by atoms with E-state index in [1.165, 1.54) is 0 Å². The van der Waals surface area contributed by atoms with Gasteiger partial charge in [0.05, 0.1) is 24.9 Å². The molecule has 8 heteroatoms. The van der Waals surface area contributed by atoms with E-state index in [0.717, 1.165) is 10.8 Å². The summed E-state index contributed by atoms with van der Waals surface area (Å²) in [7, 11) is 0. The van der Waals surface area contributed by atoms with Gasteiger partial charge in [0.1, 0.15) is 6.10 Å². The van der Waals surface area contributed by atoms with Gasteiger partial charge in [-0.2, -0.15) is 0 Å². The first kappa shape index (κ1) is 13.0. The van der Waals surface area contributed by atoms with Crippen LogP contribution in [-0.4, -0.2) is 43.7 Å². The van der Waals surface area contributed by atoms with Gasteiger partial charge < -0.3 is 20.1 Å². The molecule has 0 unspecified atom stereocenters. The van der Waals surface area contributed by atoms with Gasteiger partial charge in [0.15, 0.2) is 6.23 Å². The maximum Gasteiger partial charge on any atom is 0.330 e. The molecule has 0 spiro atoms. The third kappa shape index (κ3) is 2.23. The van der Waals surface area contributed by atoms with E-state index >= 15 is 0 Å². The Morgan fingerprint density at radius 1 is 1.44 bits per heavy atom. The number of nitrogens with zero attached hydrogens (tertiary/aromatic N) is 1. The summed E-state index contributed by atoms with van der Waals surface area (Å²) in [5.74, 6) is 0. The molecule has 3 atom stereocenters. The number of H-pyrrole nitrogens is 1. The lowest BCUT2D eigenvalue weighted by atomic mass is 10.2. The summed E-state index contributed by atoms with van der Waals surface area (Å²) >= 11 is 0. The van der Waals surface area contributed by atoms with Crippen molar-refractivity contribution in [2.24, 2.45) is 0 Å².